The number of aliphatic imine (C=N–C) groups is 1. The van der Waals surface area contributed by atoms with Crippen LogP contribution in [0.5, 0.6) is 0 Å². The Balaban J connectivity index is 1.78. The van der Waals surface area contributed by atoms with Crippen molar-refractivity contribution < 1.29 is 27.4 Å². The molecule has 0 bridgehead atoms. The smallest absolute Gasteiger partial charge is 0.379 e. The predicted molar refractivity (Wildman–Crippen MR) is 110 cm³/mol. The fourth-order valence-corrected chi connectivity index (χ4v) is 3.09. The number of guanidine groups is 1. The highest BCUT2D eigenvalue weighted by atomic mass is 19.4. The van der Waals surface area contributed by atoms with Crippen LogP contribution < -0.4 is 5.32 Å². The number of halogens is 3. The number of hydrogen-bond acceptors (Lipinski definition) is 4. The third-order valence-corrected chi connectivity index (χ3v) is 4.71. The van der Waals surface area contributed by atoms with Crippen molar-refractivity contribution in [3.63, 3.8) is 0 Å². The molecule has 0 aliphatic carbocycles. The largest absolute Gasteiger partial charge is 0.416 e. The number of nitrogens with zero attached hydrogens (tertiary/aromatic N) is 2. The number of nitrogens with one attached hydrogen (secondary N) is 1. The number of alkyl halides is 3. The Morgan fingerprint density at radius 3 is 2.70 bits per heavy atom. The van der Waals surface area contributed by atoms with Gasteiger partial charge in [-0.2, -0.15) is 13.2 Å². The van der Waals surface area contributed by atoms with Crippen molar-refractivity contribution >= 4 is 5.96 Å². The maximum atomic E-state index is 13.0. The van der Waals surface area contributed by atoms with Crippen LogP contribution >= 0.6 is 0 Å². The summed E-state index contributed by atoms with van der Waals surface area (Å²) in [5.41, 5.74) is -0.157. The molecule has 0 saturated carbocycles. The lowest BCUT2D eigenvalue weighted by atomic mass is 10.0. The fourth-order valence-electron chi connectivity index (χ4n) is 3.09. The van der Waals surface area contributed by atoms with E-state index < -0.39 is 17.8 Å². The first kappa shape index (κ1) is 24.4. The lowest BCUT2D eigenvalue weighted by Crippen LogP contribution is -2.48. The molecule has 1 fully saturated rings. The van der Waals surface area contributed by atoms with Gasteiger partial charge in [-0.3, -0.25) is 4.99 Å². The van der Waals surface area contributed by atoms with E-state index in [1.165, 1.54) is 6.07 Å². The first-order valence-corrected chi connectivity index (χ1v) is 10.4. The monoisotopic (exact) mass is 431 g/mol. The van der Waals surface area contributed by atoms with E-state index in [0.717, 1.165) is 31.6 Å². The third kappa shape index (κ3) is 8.12. The quantitative estimate of drug-likeness (QED) is 0.349. The molecule has 1 aliphatic heterocycles. The van der Waals surface area contributed by atoms with Crippen LogP contribution in [0.15, 0.2) is 29.3 Å². The Kier molecular flexibility index (Phi) is 10.4. The standard InChI is InChI=1S/C21H32F3N3O3/c1-3-4-10-28-13-14-29-11-8-26-20(25-2)27-9-12-30-19(16-27)17-6-5-7-18(15-17)21(22,23)24/h5-7,15,19H,3-4,8-14,16H2,1-2H3,(H,25,26). The zero-order chi connectivity index (χ0) is 21.8. The Bertz CT molecular complexity index is 656. The highest BCUT2D eigenvalue weighted by Crippen LogP contribution is 2.32. The Morgan fingerprint density at radius 1 is 1.23 bits per heavy atom. The Morgan fingerprint density at radius 2 is 2.00 bits per heavy atom. The number of hydrogen-bond donors (Lipinski definition) is 1. The van der Waals surface area contributed by atoms with Crippen LogP contribution in [0.4, 0.5) is 13.2 Å². The molecule has 1 aliphatic rings. The van der Waals surface area contributed by atoms with Gasteiger partial charge in [0, 0.05) is 26.7 Å². The summed E-state index contributed by atoms with van der Waals surface area (Å²) in [4.78, 5) is 6.27. The van der Waals surface area contributed by atoms with Gasteiger partial charge in [-0.15, -0.1) is 0 Å². The molecule has 0 amide bonds. The van der Waals surface area contributed by atoms with Crippen LogP contribution in [0.3, 0.4) is 0 Å². The van der Waals surface area contributed by atoms with E-state index in [2.05, 4.69) is 17.2 Å². The molecule has 9 heteroatoms. The first-order valence-electron chi connectivity index (χ1n) is 10.4. The second kappa shape index (κ2) is 12.8. The zero-order valence-electron chi connectivity index (χ0n) is 17.7. The summed E-state index contributed by atoms with van der Waals surface area (Å²) in [7, 11) is 1.68. The Labute approximate surface area is 176 Å². The van der Waals surface area contributed by atoms with Gasteiger partial charge in [0.1, 0.15) is 6.10 Å². The van der Waals surface area contributed by atoms with Gasteiger partial charge in [-0.1, -0.05) is 25.5 Å². The minimum absolute atomic E-state index is 0.410. The van der Waals surface area contributed by atoms with E-state index in [0.29, 0.717) is 57.6 Å². The van der Waals surface area contributed by atoms with Crippen LogP contribution in [0.25, 0.3) is 0 Å². The Hall–Kier alpha value is -1.84. The van der Waals surface area contributed by atoms with Gasteiger partial charge in [0.2, 0.25) is 0 Å². The molecular weight excluding hydrogens is 399 g/mol. The molecule has 1 atom stereocenters. The molecule has 0 radical (unpaired) electrons. The average Bonchev–Trinajstić information content (AvgIpc) is 2.75. The van der Waals surface area contributed by atoms with Gasteiger partial charge in [0.25, 0.3) is 0 Å². The summed E-state index contributed by atoms with van der Waals surface area (Å²) in [6.45, 7) is 6.53. The minimum atomic E-state index is -4.37. The van der Waals surface area contributed by atoms with Crippen molar-refractivity contribution in [3.05, 3.63) is 35.4 Å². The van der Waals surface area contributed by atoms with Gasteiger partial charge < -0.3 is 24.4 Å². The van der Waals surface area contributed by atoms with Crippen LogP contribution in [0, 0.1) is 0 Å². The van der Waals surface area contributed by atoms with Crippen LogP contribution in [-0.4, -0.2) is 70.6 Å². The molecule has 0 aromatic heterocycles. The zero-order valence-corrected chi connectivity index (χ0v) is 17.7. The topological polar surface area (TPSA) is 55.3 Å². The summed E-state index contributed by atoms with van der Waals surface area (Å²) in [5.74, 6) is 0.679. The summed E-state index contributed by atoms with van der Waals surface area (Å²) in [6.07, 6.45) is -2.65. The van der Waals surface area contributed by atoms with Gasteiger partial charge in [0.15, 0.2) is 5.96 Å². The molecule has 1 saturated heterocycles. The molecular formula is C21H32F3N3O3. The second-order valence-electron chi connectivity index (χ2n) is 6.98. The molecule has 1 aromatic rings. The predicted octanol–water partition coefficient (Wildman–Crippen LogP) is 3.49. The normalized spacial score (nSPS) is 18.0. The molecule has 1 unspecified atom stereocenters. The van der Waals surface area contributed by atoms with Gasteiger partial charge in [-0.05, 0) is 24.1 Å². The molecule has 1 N–H and O–H groups in total. The van der Waals surface area contributed by atoms with Gasteiger partial charge in [0.05, 0.1) is 38.5 Å². The molecule has 30 heavy (non-hydrogen) atoms. The molecule has 6 nitrogen and oxygen atoms in total. The van der Waals surface area contributed by atoms with E-state index >= 15 is 0 Å². The van der Waals surface area contributed by atoms with Gasteiger partial charge in [-0.25, -0.2) is 0 Å². The lowest BCUT2D eigenvalue weighted by Gasteiger charge is -2.35. The fraction of sp³-hybridized carbons (Fsp3) is 0.667. The van der Waals surface area contributed by atoms with Crippen molar-refractivity contribution in [2.45, 2.75) is 32.0 Å². The van der Waals surface area contributed by atoms with E-state index in [1.807, 2.05) is 4.90 Å². The highest BCUT2D eigenvalue weighted by molar-refractivity contribution is 5.80. The summed E-state index contributed by atoms with van der Waals surface area (Å²) in [5, 5.41) is 3.23. The second-order valence-corrected chi connectivity index (χ2v) is 6.98. The third-order valence-electron chi connectivity index (χ3n) is 4.71. The van der Waals surface area contributed by atoms with Crippen molar-refractivity contribution in [2.24, 2.45) is 4.99 Å². The summed E-state index contributed by atoms with van der Waals surface area (Å²) < 4.78 is 55.7. The molecule has 1 heterocycles. The summed E-state index contributed by atoms with van der Waals surface area (Å²) >= 11 is 0. The van der Waals surface area contributed by atoms with E-state index in [4.69, 9.17) is 14.2 Å². The number of benzene rings is 1. The van der Waals surface area contributed by atoms with Crippen LogP contribution in [-0.2, 0) is 20.4 Å². The molecule has 0 spiro atoms. The van der Waals surface area contributed by atoms with E-state index in [1.54, 1.807) is 13.1 Å². The van der Waals surface area contributed by atoms with Crippen molar-refractivity contribution in [1.82, 2.24) is 10.2 Å². The highest BCUT2D eigenvalue weighted by Gasteiger charge is 2.32. The lowest BCUT2D eigenvalue weighted by molar-refractivity contribution is -0.137. The van der Waals surface area contributed by atoms with Crippen molar-refractivity contribution in [2.75, 3.05) is 59.7 Å². The summed E-state index contributed by atoms with van der Waals surface area (Å²) in [6, 6.07) is 5.30. The maximum Gasteiger partial charge on any atom is 0.416 e. The number of rotatable bonds is 10. The van der Waals surface area contributed by atoms with Crippen LogP contribution in [0.2, 0.25) is 0 Å². The van der Waals surface area contributed by atoms with E-state index in [9.17, 15) is 13.2 Å². The molecule has 170 valence electrons. The number of morpholine rings is 1. The van der Waals surface area contributed by atoms with Gasteiger partial charge >= 0.3 is 6.18 Å². The van der Waals surface area contributed by atoms with Crippen molar-refractivity contribution in [3.8, 4) is 0 Å². The maximum absolute atomic E-state index is 13.0. The minimum Gasteiger partial charge on any atom is -0.379 e. The number of unbranched alkanes of at least 4 members (excludes halogenated alkanes) is 1. The number of ether oxygens (including phenoxy) is 3. The van der Waals surface area contributed by atoms with Crippen LogP contribution in [0.1, 0.15) is 37.0 Å². The van der Waals surface area contributed by atoms with E-state index in [-0.39, 0.29) is 0 Å². The average molecular weight is 431 g/mol. The molecule has 1 aromatic carbocycles. The first-order chi connectivity index (χ1) is 14.5. The van der Waals surface area contributed by atoms with Crippen molar-refractivity contribution in [1.29, 1.82) is 0 Å². The molecule has 2 rings (SSSR count). The SMILES string of the molecule is CCCCOCCOCCNC(=NC)N1CCOC(c2cccc(C(F)(F)F)c2)C1.